The number of hydrogen-bond donors (Lipinski definition) is 3. The lowest BCUT2D eigenvalue weighted by Gasteiger charge is -2.14. The third-order valence-electron chi connectivity index (χ3n) is 6.02. The molecule has 1 aromatic carbocycles. The highest BCUT2D eigenvalue weighted by molar-refractivity contribution is 6.05. The van der Waals surface area contributed by atoms with E-state index in [4.69, 9.17) is 5.73 Å². The number of nitrogens with one attached hydrogen (secondary N) is 1. The lowest BCUT2D eigenvalue weighted by atomic mass is 10.00. The van der Waals surface area contributed by atoms with Gasteiger partial charge in [-0.2, -0.15) is 15.3 Å². The Hall–Kier alpha value is -4.74. The van der Waals surface area contributed by atoms with Crippen LogP contribution in [0.25, 0.3) is 22.0 Å². The number of anilines is 1. The number of Topliss-reactive ketones (excluding diaryl/α,β-unsaturated/α-hetero) is 1. The van der Waals surface area contributed by atoms with Crippen molar-refractivity contribution < 1.29 is 23.9 Å². The normalized spacial score (nSPS) is 12.7. The number of carbonyl (C=O) groups is 3. The van der Waals surface area contributed by atoms with Gasteiger partial charge in [0.25, 0.3) is 5.91 Å². The first kappa shape index (κ1) is 26.3. The summed E-state index contributed by atoms with van der Waals surface area (Å²) in [5.74, 6) is -1.87. The molecule has 4 aromatic rings. The fourth-order valence-electron chi connectivity index (χ4n) is 4.00. The molecular formula is C26H26FN7O4. The Kier molecular flexibility index (Phi) is 8.00. The first-order chi connectivity index (χ1) is 18.2. The minimum Gasteiger partial charge on any atom is -0.506 e. The Bertz CT molecular complexity index is 1460. The van der Waals surface area contributed by atoms with Crippen molar-refractivity contribution in [3.05, 3.63) is 60.7 Å². The highest BCUT2D eigenvalue weighted by atomic mass is 19.1. The average molecular weight is 520 g/mol. The van der Waals surface area contributed by atoms with Gasteiger partial charge in [0, 0.05) is 23.3 Å². The van der Waals surface area contributed by atoms with Crippen LogP contribution in [0.3, 0.4) is 0 Å². The van der Waals surface area contributed by atoms with Gasteiger partial charge in [-0.25, -0.2) is 9.37 Å². The molecule has 0 aliphatic heterocycles. The number of aromatic hydroxyl groups is 1. The Balaban J connectivity index is 1.36. The van der Waals surface area contributed by atoms with Gasteiger partial charge in [0.1, 0.15) is 24.3 Å². The molecule has 38 heavy (non-hydrogen) atoms. The van der Waals surface area contributed by atoms with Crippen LogP contribution in [0.1, 0.15) is 36.7 Å². The van der Waals surface area contributed by atoms with Crippen LogP contribution in [-0.2, 0) is 16.1 Å². The summed E-state index contributed by atoms with van der Waals surface area (Å²) in [5, 5.41) is 24.2. The Morgan fingerprint density at radius 1 is 1.11 bits per heavy atom. The molecule has 2 atom stereocenters. The first-order valence-electron chi connectivity index (χ1n) is 11.9. The van der Waals surface area contributed by atoms with E-state index in [1.165, 1.54) is 23.0 Å². The number of primary amides is 1. The Labute approximate surface area is 216 Å². The minimum absolute atomic E-state index is 0.0305. The Morgan fingerprint density at radius 3 is 2.61 bits per heavy atom. The van der Waals surface area contributed by atoms with Crippen LogP contribution in [0.4, 0.5) is 10.2 Å². The number of halogens is 1. The standard InChI is InChI=1S/C26H26FN7O4/c1-15(26(38)32-23-7-5-19(35)13-29-23)10-18(27)3-4-20(36)14-34-22-6-2-16(17-8-9-30-31-12-17)11-21(22)24(33-34)25(28)37/h2,5-9,11-13,15,18,35H,3-4,10,14H2,1H3,(H2,28,37)(H,29,32,38). The number of alkyl halides is 1. The lowest BCUT2D eigenvalue weighted by molar-refractivity contribution is -0.120. The van der Waals surface area contributed by atoms with E-state index < -0.39 is 23.9 Å². The van der Waals surface area contributed by atoms with Crippen molar-refractivity contribution in [1.82, 2.24) is 25.0 Å². The molecule has 2 unspecified atom stereocenters. The number of hydrogen-bond acceptors (Lipinski definition) is 8. The van der Waals surface area contributed by atoms with E-state index >= 15 is 0 Å². The highest BCUT2D eigenvalue weighted by Crippen LogP contribution is 2.26. The zero-order chi connectivity index (χ0) is 27.2. The maximum atomic E-state index is 14.6. The van der Waals surface area contributed by atoms with Crippen LogP contribution in [0.2, 0.25) is 0 Å². The van der Waals surface area contributed by atoms with Crippen molar-refractivity contribution in [2.45, 2.75) is 38.9 Å². The van der Waals surface area contributed by atoms with E-state index in [0.717, 1.165) is 11.1 Å². The molecule has 4 N–H and O–H groups in total. The zero-order valence-electron chi connectivity index (χ0n) is 20.5. The van der Waals surface area contributed by atoms with Crippen molar-refractivity contribution >= 4 is 34.3 Å². The quantitative estimate of drug-likeness (QED) is 0.272. The summed E-state index contributed by atoms with van der Waals surface area (Å²) in [6.45, 7) is 1.43. The summed E-state index contributed by atoms with van der Waals surface area (Å²) in [6, 6.07) is 9.88. The van der Waals surface area contributed by atoms with Gasteiger partial charge in [0.15, 0.2) is 11.5 Å². The maximum Gasteiger partial charge on any atom is 0.269 e. The summed E-state index contributed by atoms with van der Waals surface area (Å²) in [4.78, 5) is 40.8. The van der Waals surface area contributed by atoms with Crippen LogP contribution >= 0.6 is 0 Å². The number of pyridine rings is 1. The van der Waals surface area contributed by atoms with E-state index in [-0.39, 0.29) is 48.9 Å². The molecule has 0 spiro atoms. The van der Waals surface area contributed by atoms with Gasteiger partial charge in [-0.05, 0) is 48.7 Å². The fourth-order valence-corrected chi connectivity index (χ4v) is 4.00. The van der Waals surface area contributed by atoms with Crippen LogP contribution in [0.5, 0.6) is 5.75 Å². The molecule has 0 bridgehead atoms. The fraction of sp³-hybridized carbons (Fsp3) is 0.269. The largest absolute Gasteiger partial charge is 0.506 e. The lowest BCUT2D eigenvalue weighted by Crippen LogP contribution is -2.24. The topological polar surface area (TPSA) is 166 Å². The minimum atomic E-state index is -1.38. The molecule has 3 aromatic heterocycles. The van der Waals surface area contributed by atoms with E-state index in [1.807, 2.05) is 6.07 Å². The molecular weight excluding hydrogens is 493 g/mol. The second-order valence-corrected chi connectivity index (χ2v) is 8.94. The van der Waals surface area contributed by atoms with Gasteiger partial charge >= 0.3 is 0 Å². The van der Waals surface area contributed by atoms with Crippen molar-refractivity contribution in [3.8, 4) is 16.9 Å². The second kappa shape index (κ2) is 11.5. The van der Waals surface area contributed by atoms with Crippen molar-refractivity contribution in [2.24, 2.45) is 11.7 Å². The predicted molar refractivity (Wildman–Crippen MR) is 137 cm³/mol. The average Bonchev–Trinajstić information content (AvgIpc) is 3.27. The summed E-state index contributed by atoms with van der Waals surface area (Å²) >= 11 is 0. The summed E-state index contributed by atoms with van der Waals surface area (Å²) in [7, 11) is 0. The summed E-state index contributed by atoms with van der Waals surface area (Å²) in [6.07, 6.45) is 2.75. The maximum absolute atomic E-state index is 14.6. The number of benzene rings is 1. The molecule has 0 aliphatic carbocycles. The SMILES string of the molecule is CC(CC(F)CCC(=O)Cn1nc(C(N)=O)c2cc(-c3ccnnc3)ccc21)C(=O)Nc1ccc(O)cn1. The van der Waals surface area contributed by atoms with Gasteiger partial charge in [0.05, 0.1) is 24.1 Å². The van der Waals surface area contributed by atoms with E-state index in [2.05, 4.69) is 25.6 Å². The smallest absolute Gasteiger partial charge is 0.269 e. The highest BCUT2D eigenvalue weighted by Gasteiger charge is 2.21. The summed E-state index contributed by atoms with van der Waals surface area (Å²) in [5.41, 5.74) is 7.66. The molecule has 0 radical (unpaired) electrons. The third kappa shape index (κ3) is 6.33. The van der Waals surface area contributed by atoms with Gasteiger partial charge in [0.2, 0.25) is 5.91 Å². The number of carbonyl (C=O) groups excluding carboxylic acids is 3. The number of nitrogens with two attached hydrogens (primary N) is 1. The molecule has 196 valence electrons. The third-order valence-corrected chi connectivity index (χ3v) is 6.02. The molecule has 12 heteroatoms. The molecule has 3 heterocycles. The molecule has 11 nitrogen and oxygen atoms in total. The van der Waals surface area contributed by atoms with Gasteiger partial charge in [-0.15, -0.1) is 0 Å². The molecule has 0 aliphatic rings. The number of ketones is 1. The Morgan fingerprint density at radius 2 is 1.92 bits per heavy atom. The monoisotopic (exact) mass is 519 g/mol. The van der Waals surface area contributed by atoms with Crippen molar-refractivity contribution in [1.29, 1.82) is 0 Å². The van der Waals surface area contributed by atoms with Crippen LogP contribution in [0.15, 0.2) is 55.0 Å². The van der Waals surface area contributed by atoms with Gasteiger partial charge in [-0.1, -0.05) is 13.0 Å². The number of nitrogens with zero attached hydrogens (tertiary/aromatic N) is 5. The van der Waals surface area contributed by atoms with Crippen LogP contribution < -0.4 is 11.1 Å². The van der Waals surface area contributed by atoms with Crippen LogP contribution in [0, 0.1) is 5.92 Å². The number of rotatable bonds is 11. The number of aromatic nitrogens is 5. The molecule has 0 saturated carbocycles. The van der Waals surface area contributed by atoms with E-state index in [9.17, 15) is 23.9 Å². The number of amides is 2. The molecule has 0 fully saturated rings. The summed E-state index contributed by atoms with van der Waals surface area (Å²) < 4.78 is 16.0. The first-order valence-corrected chi connectivity index (χ1v) is 11.9. The second-order valence-electron chi connectivity index (χ2n) is 8.94. The number of fused-ring (bicyclic) bond motifs is 1. The molecule has 0 saturated heterocycles. The predicted octanol–water partition coefficient (Wildman–Crippen LogP) is 3.05. The van der Waals surface area contributed by atoms with Crippen LogP contribution in [-0.4, -0.2) is 53.8 Å². The van der Waals surface area contributed by atoms with E-state index in [1.54, 1.807) is 37.5 Å². The van der Waals surface area contributed by atoms with Gasteiger partial charge < -0.3 is 16.2 Å². The van der Waals surface area contributed by atoms with Gasteiger partial charge in [-0.3, -0.25) is 19.1 Å². The molecule has 4 rings (SSSR count). The van der Waals surface area contributed by atoms with E-state index in [0.29, 0.717) is 10.9 Å². The molecule has 2 amide bonds. The zero-order valence-corrected chi connectivity index (χ0v) is 20.5. The van der Waals surface area contributed by atoms with Crippen molar-refractivity contribution in [3.63, 3.8) is 0 Å². The van der Waals surface area contributed by atoms with Crippen molar-refractivity contribution in [2.75, 3.05) is 5.32 Å².